The van der Waals surface area contributed by atoms with Gasteiger partial charge in [0.05, 0.1) is 25.9 Å². The molecule has 1 aliphatic rings. The molecule has 302 valence electrons. The summed E-state index contributed by atoms with van der Waals surface area (Å²) in [6.45, 7) is 3.95. The van der Waals surface area contributed by atoms with Crippen LogP contribution >= 0.6 is 0 Å². The molecule has 1 rings (SSSR count). The van der Waals surface area contributed by atoms with Gasteiger partial charge in [-0.1, -0.05) is 168 Å². The number of aliphatic hydroxyl groups is 4. The van der Waals surface area contributed by atoms with Crippen molar-refractivity contribution in [3.8, 4) is 0 Å². The lowest BCUT2D eigenvalue weighted by Crippen LogP contribution is -2.59. The predicted molar refractivity (Wildman–Crippen MR) is 204 cm³/mol. The molecule has 0 aromatic heterocycles. The van der Waals surface area contributed by atoms with E-state index in [0.29, 0.717) is 12.8 Å². The topological polar surface area (TPSA) is 143 Å². The van der Waals surface area contributed by atoms with Crippen LogP contribution in [0, 0.1) is 5.92 Å². The van der Waals surface area contributed by atoms with E-state index in [4.69, 9.17) is 14.2 Å². The number of hydrogen-bond acceptors (Lipinski definition) is 9. The lowest BCUT2D eigenvalue weighted by molar-refractivity contribution is -0.233. The van der Waals surface area contributed by atoms with E-state index in [1.165, 1.54) is 128 Å². The van der Waals surface area contributed by atoms with E-state index in [1.807, 2.05) is 0 Å². The average Bonchev–Trinajstić information content (AvgIpc) is 3.13. The molecule has 5 atom stereocenters. The molecule has 0 radical (unpaired) electrons. The molecule has 0 aromatic rings. The van der Waals surface area contributed by atoms with E-state index in [2.05, 4.69) is 13.8 Å². The summed E-state index contributed by atoms with van der Waals surface area (Å²) in [4.78, 5) is 25.1. The van der Waals surface area contributed by atoms with Gasteiger partial charge in [0.2, 0.25) is 0 Å². The minimum absolute atomic E-state index is 0.0156. The first-order valence-electron chi connectivity index (χ1n) is 21.5. The maximum Gasteiger partial charge on any atom is 0.305 e. The maximum atomic E-state index is 12.6. The zero-order chi connectivity index (χ0) is 37.4. The van der Waals surface area contributed by atoms with Crippen molar-refractivity contribution < 1.29 is 44.2 Å². The van der Waals surface area contributed by atoms with Crippen LogP contribution in [0.2, 0.25) is 0 Å². The Morgan fingerprint density at radius 2 is 0.804 bits per heavy atom. The van der Waals surface area contributed by atoms with E-state index < -0.39 is 43.0 Å². The second-order valence-corrected chi connectivity index (χ2v) is 15.3. The molecule has 0 saturated carbocycles. The Hall–Kier alpha value is -1.26. The fourth-order valence-electron chi connectivity index (χ4n) is 7.03. The fraction of sp³-hybridized carbons (Fsp3) is 0.952. The van der Waals surface area contributed by atoms with Crippen molar-refractivity contribution >= 4 is 11.9 Å². The van der Waals surface area contributed by atoms with Gasteiger partial charge in [-0.3, -0.25) is 9.59 Å². The van der Waals surface area contributed by atoms with Crippen LogP contribution in [0.4, 0.5) is 0 Å². The summed E-state index contributed by atoms with van der Waals surface area (Å²) in [6.07, 6.45) is 26.4. The summed E-state index contributed by atoms with van der Waals surface area (Å²) < 4.78 is 16.8. The van der Waals surface area contributed by atoms with Crippen LogP contribution < -0.4 is 0 Å². The molecule has 1 aliphatic heterocycles. The second-order valence-electron chi connectivity index (χ2n) is 15.3. The molecule has 0 spiro atoms. The van der Waals surface area contributed by atoms with Crippen molar-refractivity contribution in [3.63, 3.8) is 0 Å². The monoisotopic (exact) mass is 729 g/mol. The Morgan fingerprint density at radius 3 is 1.14 bits per heavy atom. The lowest BCUT2D eigenvalue weighted by atomic mass is 9.90. The van der Waals surface area contributed by atoms with Crippen molar-refractivity contribution in [2.75, 3.05) is 19.8 Å². The molecule has 4 N–H and O–H groups in total. The normalized spacial score (nSPS) is 20.6. The van der Waals surface area contributed by atoms with Crippen molar-refractivity contribution in [2.45, 2.75) is 231 Å². The van der Waals surface area contributed by atoms with Gasteiger partial charge in [0.15, 0.2) is 0 Å². The van der Waals surface area contributed by atoms with Crippen LogP contribution in [0.5, 0.6) is 0 Å². The molecule has 0 aliphatic carbocycles. The molecule has 1 fully saturated rings. The van der Waals surface area contributed by atoms with Gasteiger partial charge in [-0.25, -0.2) is 0 Å². The van der Waals surface area contributed by atoms with Crippen LogP contribution in [-0.2, 0) is 23.8 Å². The first-order valence-corrected chi connectivity index (χ1v) is 21.5. The summed E-state index contributed by atoms with van der Waals surface area (Å²) in [5, 5.41) is 40.6. The molecule has 1 saturated heterocycles. The number of unbranched alkanes of at least 4 members (excludes halogenated alkanes) is 24. The van der Waals surface area contributed by atoms with E-state index in [-0.39, 0.29) is 31.6 Å². The van der Waals surface area contributed by atoms with Gasteiger partial charge < -0.3 is 34.6 Å². The maximum absolute atomic E-state index is 12.6. The zero-order valence-electron chi connectivity index (χ0n) is 32.9. The molecular weight excluding hydrogens is 648 g/mol. The summed E-state index contributed by atoms with van der Waals surface area (Å²) in [6, 6.07) is 0. The predicted octanol–water partition coefficient (Wildman–Crippen LogP) is 8.88. The van der Waals surface area contributed by atoms with E-state index in [9.17, 15) is 30.0 Å². The summed E-state index contributed by atoms with van der Waals surface area (Å²) in [7, 11) is 0. The molecule has 9 heteroatoms. The third-order valence-corrected chi connectivity index (χ3v) is 10.5. The number of carbonyl (C=O) groups is 2. The van der Waals surface area contributed by atoms with E-state index in [1.54, 1.807) is 0 Å². The van der Waals surface area contributed by atoms with Gasteiger partial charge in [0, 0.05) is 18.8 Å². The van der Waals surface area contributed by atoms with Crippen LogP contribution in [0.3, 0.4) is 0 Å². The van der Waals surface area contributed by atoms with Gasteiger partial charge in [-0.15, -0.1) is 0 Å². The highest BCUT2D eigenvalue weighted by atomic mass is 16.6. The first kappa shape index (κ1) is 47.8. The van der Waals surface area contributed by atoms with Crippen LogP contribution in [0.1, 0.15) is 200 Å². The Bertz CT molecular complexity index is 761. The van der Waals surface area contributed by atoms with Crippen molar-refractivity contribution in [3.05, 3.63) is 0 Å². The van der Waals surface area contributed by atoms with Crippen LogP contribution in [0.25, 0.3) is 0 Å². The smallest absolute Gasteiger partial charge is 0.305 e. The van der Waals surface area contributed by atoms with E-state index >= 15 is 0 Å². The standard InChI is InChI=1S/C42H80O9/c1-3-5-7-9-11-13-15-17-19-21-23-25-27-29-38(44)49-33-35(31-36-40(46)42(48)41(47)37(32-43)51-36)34-50-39(45)30-28-26-24-22-20-18-16-14-12-10-8-6-4-2/h35-37,40-43,46-48H,3-34H2,1-2H3/t36-,37+,40-,41+,42+/m0/s1. The Labute approximate surface area is 312 Å². The Morgan fingerprint density at radius 1 is 0.490 bits per heavy atom. The number of hydrogen-bond donors (Lipinski definition) is 4. The molecule has 51 heavy (non-hydrogen) atoms. The second kappa shape index (κ2) is 33.3. The Balaban J connectivity index is 2.34. The SMILES string of the molecule is CCCCCCCCCCCCCCCC(=O)OCC(COC(=O)CCCCCCCCCCCCCCC)C[C@@H]1O[C@H](CO)[C@@H](O)[C@H](O)[C@H]1O. The first-order chi connectivity index (χ1) is 24.8. The highest BCUT2D eigenvalue weighted by molar-refractivity contribution is 5.69. The zero-order valence-corrected chi connectivity index (χ0v) is 32.9. The molecule has 1 heterocycles. The molecule has 0 unspecified atom stereocenters. The number of esters is 2. The minimum atomic E-state index is -1.49. The minimum Gasteiger partial charge on any atom is -0.465 e. The lowest BCUT2D eigenvalue weighted by Gasteiger charge is -2.41. The van der Waals surface area contributed by atoms with Gasteiger partial charge >= 0.3 is 11.9 Å². The van der Waals surface area contributed by atoms with Gasteiger partial charge in [0.25, 0.3) is 0 Å². The third-order valence-electron chi connectivity index (χ3n) is 10.5. The Kier molecular flexibility index (Phi) is 31.2. The number of rotatable bonds is 35. The summed E-state index contributed by atoms with van der Waals surface area (Å²) in [5.41, 5.74) is 0. The fourth-order valence-corrected chi connectivity index (χ4v) is 7.03. The highest BCUT2D eigenvalue weighted by Gasteiger charge is 2.44. The highest BCUT2D eigenvalue weighted by Crippen LogP contribution is 2.26. The number of carbonyl (C=O) groups excluding carboxylic acids is 2. The molecular formula is C42H80O9. The summed E-state index contributed by atoms with van der Waals surface area (Å²) in [5.74, 6) is -1.09. The molecule has 0 bridgehead atoms. The van der Waals surface area contributed by atoms with E-state index in [0.717, 1.165) is 38.5 Å². The largest absolute Gasteiger partial charge is 0.465 e. The quantitative estimate of drug-likeness (QED) is 0.0372. The van der Waals surface area contributed by atoms with Gasteiger partial charge in [-0.2, -0.15) is 0 Å². The molecule has 0 amide bonds. The molecule has 9 nitrogen and oxygen atoms in total. The van der Waals surface area contributed by atoms with Crippen LogP contribution in [0.15, 0.2) is 0 Å². The number of aliphatic hydroxyl groups excluding tert-OH is 4. The van der Waals surface area contributed by atoms with Crippen LogP contribution in [-0.4, -0.2) is 82.7 Å². The average molecular weight is 729 g/mol. The third kappa shape index (κ3) is 25.4. The van der Waals surface area contributed by atoms with Crippen molar-refractivity contribution in [1.82, 2.24) is 0 Å². The van der Waals surface area contributed by atoms with Gasteiger partial charge in [0.1, 0.15) is 24.4 Å². The number of ether oxygens (including phenoxy) is 3. The summed E-state index contributed by atoms with van der Waals surface area (Å²) >= 11 is 0. The van der Waals surface area contributed by atoms with Crippen molar-refractivity contribution in [2.24, 2.45) is 5.92 Å². The molecule has 0 aromatic carbocycles. The van der Waals surface area contributed by atoms with Crippen molar-refractivity contribution in [1.29, 1.82) is 0 Å². The van der Waals surface area contributed by atoms with Gasteiger partial charge in [-0.05, 0) is 19.3 Å².